The van der Waals surface area contributed by atoms with Crippen molar-refractivity contribution in [3.8, 4) is 33.4 Å². The van der Waals surface area contributed by atoms with Gasteiger partial charge < -0.3 is 0 Å². The van der Waals surface area contributed by atoms with Gasteiger partial charge in [0.25, 0.3) is 0 Å². The average Bonchev–Trinajstić information content (AvgIpc) is 2.86. The molecule has 0 heteroatoms. The van der Waals surface area contributed by atoms with Gasteiger partial charge in [0.05, 0.1) is 0 Å². The number of hydrogen-bond donors (Lipinski definition) is 0. The zero-order chi connectivity index (χ0) is 29.7. The zero-order valence-electron chi connectivity index (χ0n) is 27.1. The van der Waals surface area contributed by atoms with E-state index < -0.39 is 0 Å². The van der Waals surface area contributed by atoms with Crippen LogP contribution >= 0.6 is 0 Å². The molecule has 4 aromatic rings. The second-order valence-corrected chi connectivity index (χ2v) is 15.7. The van der Waals surface area contributed by atoms with Crippen LogP contribution in [0.25, 0.3) is 33.4 Å². The predicted molar refractivity (Wildman–Crippen MR) is 178 cm³/mol. The molecule has 0 saturated carbocycles. The summed E-state index contributed by atoms with van der Waals surface area (Å²) in [6.45, 7) is 27.5. The molecule has 0 radical (unpaired) electrons. The zero-order valence-corrected chi connectivity index (χ0v) is 27.1. The van der Waals surface area contributed by atoms with Crippen molar-refractivity contribution in [3.63, 3.8) is 0 Å². The Hall–Kier alpha value is -3.12. The minimum Gasteiger partial charge on any atom is -0.0579 e. The van der Waals surface area contributed by atoms with Crippen molar-refractivity contribution in [1.29, 1.82) is 0 Å². The third-order valence-electron chi connectivity index (χ3n) is 8.19. The molecule has 4 aromatic carbocycles. The Morgan fingerprint density at radius 2 is 0.525 bits per heavy atom. The van der Waals surface area contributed by atoms with Gasteiger partial charge in [0.2, 0.25) is 0 Å². The topological polar surface area (TPSA) is 0 Å². The number of rotatable bonds is 3. The summed E-state index contributed by atoms with van der Waals surface area (Å²) in [7, 11) is 0. The maximum absolute atomic E-state index is 2.45. The molecule has 0 bridgehead atoms. The molecule has 40 heavy (non-hydrogen) atoms. The van der Waals surface area contributed by atoms with Crippen LogP contribution in [-0.2, 0) is 21.7 Å². The van der Waals surface area contributed by atoms with Crippen LogP contribution in [0, 0.1) is 0 Å². The molecular weight excluding hydrogens is 480 g/mol. The smallest absolute Gasteiger partial charge is 0.00961 e. The van der Waals surface area contributed by atoms with Gasteiger partial charge in [-0.1, -0.05) is 156 Å². The summed E-state index contributed by atoms with van der Waals surface area (Å²) >= 11 is 0. The molecular formula is C40H50. The van der Waals surface area contributed by atoms with Crippen LogP contribution in [0.1, 0.15) is 105 Å². The van der Waals surface area contributed by atoms with E-state index in [1.165, 1.54) is 55.6 Å². The molecule has 0 unspecified atom stereocenters. The lowest BCUT2D eigenvalue weighted by Crippen LogP contribution is -2.13. The van der Waals surface area contributed by atoms with Crippen LogP contribution in [0.15, 0.2) is 84.9 Å². The molecule has 0 atom stereocenters. The van der Waals surface area contributed by atoms with Crippen molar-refractivity contribution >= 4 is 0 Å². The Morgan fingerprint density at radius 1 is 0.275 bits per heavy atom. The summed E-state index contributed by atoms with van der Waals surface area (Å²) in [6, 6.07) is 32.7. The quantitative estimate of drug-likeness (QED) is 0.247. The Balaban J connectivity index is 2.01. The molecule has 0 heterocycles. The molecule has 0 aromatic heterocycles. The molecule has 0 aliphatic rings. The maximum atomic E-state index is 2.45. The Morgan fingerprint density at radius 3 is 0.775 bits per heavy atom. The Bertz CT molecular complexity index is 1350. The van der Waals surface area contributed by atoms with Crippen LogP contribution in [0.3, 0.4) is 0 Å². The molecule has 0 nitrogen and oxygen atoms in total. The fourth-order valence-electron chi connectivity index (χ4n) is 5.27. The highest BCUT2D eigenvalue weighted by Crippen LogP contribution is 2.43. The van der Waals surface area contributed by atoms with Crippen molar-refractivity contribution in [3.05, 3.63) is 107 Å². The van der Waals surface area contributed by atoms with Gasteiger partial charge in [-0.2, -0.15) is 0 Å². The lowest BCUT2D eigenvalue weighted by Gasteiger charge is -2.26. The predicted octanol–water partition coefficient (Wildman–Crippen LogP) is 11.9. The standard InChI is InChI=1S/C40H50/c1-37(2,3)29-17-13-27(14-18-29)33-23-21-31(39(7,8)9)25-35(33)36-26-32(40(10,11)12)22-24-34(36)28-15-19-30(20-16-28)38(4,5)6/h13-26H,1-12H3. The molecule has 0 saturated heterocycles. The van der Waals surface area contributed by atoms with Crippen LogP contribution in [0.2, 0.25) is 0 Å². The average molecular weight is 531 g/mol. The lowest BCUT2D eigenvalue weighted by molar-refractivity contribution is 0.589. The monoisotopic (exact) mass is 530 g/mol. The van der Waals surface area contributed by atoms with Gasteiger partial charge in [0.1, 0.15) is 0 Å². The minimum atomic E-state index is 0.0551. The van der Waals surface area contributed by atoms with E-state index in [9.17, 15) is 0 Å². The molecule has 0 amide bonds. The van der Waals surface area contributed by atoms with Gasteiger partial charge in [0, 0.05) is 0 Å². The van der Waals surface area contributed by atoms with E-state index in [1.54, 1.807) is 0 Å². The van der Waals surface area contributed by atoms with Gasteiger partial charge in [-0.3, -0.25) is 0 Å². The maximum Gasteiger partial charge on any atom is -0.00961 e. The van der Waals surface area contributed by atoms with E-state index in [2.05, 4.69) is 168 Å². The van der Waals surface area contributed by atoms with E-state index in [1.807, 2.05) is 0 Å². The molecule has 210 valence electrons. The highest BCUT2D eigenvalue weighted by atomic mass is 14.3. The first-order valence-corrected chi connectivity index (χ1v) is 14.9. The highest BCUT2D eigenvalue weighted by Gasteiger charge is 2.23. The first-order chi connectivity index (χ1) is 18.4. The molecule has 4 rings (SSSR count). The highest BCUT2D eigenvalue weighted by molar-refractivity contribution is 5.92. The van der Waals surface area contributed by atoms with Crippen LogP contribution in [-0.4, -0.2) is 0 Å². The van der Waals surface area contributed by atoms with Crippen molar-refractivity contribution in [1.82, 2.24) is 0 Å². The van der Waals surface area contributed by atoms with E-state index in [0.717, 1.165) is 0 Å². The first kappa shape index (κ1) is 29.9. The van der Waals surface area contributed by atoms with Gasteiger partial charge in [0.15, 0.2) is 0 Å². The molecule has 0 aliphatic carbocycles. The van der Waals surface area contributed by atoms with Crippen LogP contribution < -0.4 is 0 Å². The normalized spacial score (nSPS) is 13.0. The number of benzene rings is 4. The van der Waals surface area contributed by atoms with Gasteiger partial charge in [-0.05, 0) is 89.4 Å². The van der Waals surface area contributed by atoms with Crippen molar-refractivity contribution in [2.45, 2.75) is 105 Å². The Kier molecular flexibility index (Phi) is 7.74. The third-order valence-corrected chi connectivity index (χ3v) is 8.19. The Labute approximate surface area is 244 Å². The molecule has 0 aliphatic heterocycles. The molecule has 0 fully saturated rings. The summed E-state index contributed by atoms with van der Waals surface area (Å²) in [5, 5.41) is 0. The van der Waals surface area contributed by atoms with E-state index >= 15 is 0 Å². The SMILES string of the molecule is CC(C)(C)c1ccc(-c2ccc(C(C)(C)C)cc2-c2cc(C(C)(C)C)ccc2-c2ccc(C(C)(C)C)cc2)cc1. The second-order valence-electron chi connectivity index (χ2n) is 15.7. The first-order valence-electron chi connectivity index (χ1n) is 14.9. The van der Waals surface area contributed by atoms with Crippen molar-refractivity contribution in [2.24, 2.45) is 0 Å². The van der Waals surface area contributed by atoms with Gasteiger partial charge in [-0.25, -0.2) is 0 Å². The van der Waals surface area contributed by atoms with Gasteiger partial charge in [-0.15, -0.1) is 0 Å². The largest absolute Gasteiger partial charge is 0.0579 e. The summed E-state index contributed by atoms with van der Waals surface area (Å²) < 4.78 is 0. The van der Waals surface area contributed by atoms with Crippen LogP contribution in [0.4, 0.5) is 0 Å². The van der Waals surface area contributed by atoms with Gasteiger partial charge >= 0.3 is 0 Å². The van der Waals surface area contributed by atoms with E-state index in [-0.39, 0.29) is 21.7 Å². The summed E-state index contributed by atoms with van der Waals surface area (Å²) in [5.41, 5.74) is 13.5. The van der Waals surface area contributed by atoms with Crippen LogP contribution in [0.5, 0.6) is 0 Å². The van der Waals surface area contributed by atoms with E-state index in [4.69, 9.17) is 0 Å². The number of hydrogen-bond acceptors (Lipinski definition) is 0. The summed E-state index contributed by atoms with van der Waals surface area (Å²) in [4.78, 5) is 0. The second kappa shape index (κ2) is 10.4. The fraction of sp³-hybridized carbons (Fsp3) is 0.400. The third kappa shape index (κ3) is 6.43. The van der Waals surface area contributed by atoms with E-state index in [0.29, 0.717) is 0 Å². The minimum absolute atomic E-state index is 0.0551. The summed E-state index contributed by atoms with van der Waals surface area (Å²) in [6.07, 6.45) is 0. The lowest BCUT2D eigenvalue weighted by atomic mass is 9.79. The fourth-order valence-corrected chi connectivity index (χ4v) is 5.27. The molecule has 0 N–H and O–H groups in total. The molecule has 0 spiro atoms. The van der Waals surface area contributed by atoms with Crippen molar-refractivity contribution in [2.75, 3.05) is 0 Å². The summed E-state index contributed by atoms with van der Waals surface area (Å²) in [5.74, 6) is 0. The van der Waals surface area contributed by atoms with Crippen molar-refractivity contribution < 1.29 is 0 Å².